The lowest BCUT2D eigenvalue weighted by Crippen LogP contribution is -2.35. The molecule has 1 amide bonds. The highest BCUT2D eigenvalue weighted by molar-refractivity contribution is 7.12. The first kappa shape index (κ1) is 14.2. The Morgan fingerprint density at radius 2 is 1.90 bits per heavy atom. The minimum absolute atomic E-state index is 0.337. The molecule has 0 fully saturated rings. The monoisotopic (exact) mass is 290 g/mol. The van der Waals surface area contributed by atoms with Crippen LogP contribution in [0.15, 0.2) is 29.8 Å². The van der Waals surface area contributed by atoms with Gasteiger partial charge in [-0.05, 0) is 26.0 Å². The van der Waals surface area contributed by atoms with Crippen molar-refractivity contribution in [2.75, 3.05) is 11.4 Å². The van der Waals surface area contributed by atoms with Crippen LogP contribution in [0, 0.1) is 13.8 Å². The van der Waals surface area contributed by atoms with Crippen molar-refractivity contribution in [1.29, 1.82) is 0 Å². The Balaban J connectivity index is 2.37. The molecule has 0 saturated heterocycles. The highest BCUT2D eigenvalue weighted by Gasteiger charge is 2.23. The summed E-state index contributed by atoms with van der Waals surface area (Å²) in [5.74, 6) is -1.39. The van der Waals surface area contributed by atoms with E-state index in [4.69, 9.17) is 5.11 Å². The molecule has 2 rings (SSSR count). The number of carboxylic acids is 1. The molecule has 5 nitrogen and oxygen atoms in total. The molecule has 0 aliphatic carbocycles. The Labute approximate surface area is 120 Å². The minimum Gasteiger partial charge on any atom is -0.480 e. The first-order valence-electron chi connectivity index (χ1n) is 5.99. The third-order valence-electron chi connectivity index (χ3n) is 2.82. The van der Waals surface area contributed by atoms with Gasteiger partial charge in [0.1, 0.15) is 11.4 Å². The summed E-state index contributed by atoms with van der Waals surface area (Å²) in [5, 5.41) is 9.01. The standard InChI is InChI=1S/C14H14N2O3S/c1-9-3-5-11(6-4-9)16(7-12(17)18)14(19)13-10(2)15-8-20-13/h3-6,8H,7H2,1-2H3,(H,17,18). The van der Waals surface area contributed by atoms with Gasteiger partial charge in [-0.3, -0.25) is 14.5 Å². The Morgan fingerprint density at radius 3 is 2.40 bits per heavy atom. The molecule has 0 radical (unpaired) electrons. The summed E-state index contributed by atoms with van der Waals surface area (Å²) in [6.45, 7) is 3.29. The Hall–Kier alpha value is -2.21. The number of nitrogens with zero attached hydrogens (tertiary/aromatic N) is 2. The first-order chi connectivity index (χ1) is 9.49. The predicted molar refractivity (Wildman–Crippen MR) is 77.3 cm³/mol. The number of rotatable bonds is 4. The van der Waals surface area contributed by atoms with Crippen LogP contribution in [-0.4, -0.2) is 28.5 Å². The number of hydrogen-bond donors (Lipinski definition) is 1. The SMILES string of the molecule is Cc1ccc(N(CC(=O)O)C(=O)c2scnc2C)cc1. The van der Waals surface area contributed by atoms with Crippen LogP contribution in [0.4, 0.5) is 5.69 Å². The van der Waals surface area contributed by atoms with E-state index in [2.05, 4.69) is 4.98 Å². The van der Waals surface area contributed by atoms with E-state index in [9.17, 15) is 9.59 Å². The number of amides is 1. The molecule has 0 bridgehead atoms. The number of benzene rings is 1. The summed E-state index contributed by atoms with van der Waals surface area (Å²) in [6.07, 6.45) is 0. The van der Waals surface area contributed by atoms with Crippen LogP contribution in [0.3, 0.4) is 0 Å². The Kier molecular flexibility index (Phi) is 4.14. The molecule has 104 valence electrons. The van der Waals surface area contributed by atoms with Crippen LogP contribution in [0.25, 0.3) is 0 Å². The van der Waals surface area contributed by atoms with E-state index in [-0.39, 0.29) is 12.5 Å². The number of carboxylic acid groups (broad SMARTS) is 1. The van der Waals surface area contributed by atoms with E-state index in [1.54, 1.807) is 24.6 Å². The third-order valence-corrected chi connectivity index (χ3v) is 3.74. The molecule has 0 saturated carbocycles. The number of aromatic nitrogens is 1. The molecule has 0 spiro atoms. The van der Waals surface area contributed by atoms with E-state index in [0.717, 1.165) is 5.56 Å². The number of carbonyl (C=O) groups is 2. The summed E-state index contributed by atoms with van der Waals surface area (Å²) in [6, 6.07) is 7.17. The zero-order valence-corrected chi connectivity index (χ0v) is 12.0. The quantitative estimate of drug-likeness (QED) is 0.939. The molecular formula is C14H14N2O3S. The summed E-state index contributed by atoms with van der Waals surface area (Å²) in [5.41, 5.74) is 3.81. The largest absolute Gasteiger partial charge is 0.480 e. The average molecular weight is 290 g/mol. The smallest absolute Gasteiger partial charge is 0.323 e. The molecule has 0 aliphatic rings. The minimum atomic E-state index is -1.05. The van der Waals surface area contributed by atoms with Gasteiger partial charge in [-0.2, -0.15) is 0 Å². The van der Waals surface area contributed by atoms with Crippen LogP contribution in [0.5, 0.6) is 0 Å². The summed E-state index contributed by atoms with van der Waals surface area (Å²) in [7, 11) is 0. The van der Waals surface area contributed by atoms with Crippen molar-refractivity contribution >= 4 is 28.9 Å². The molecule has 1 aromatic carbocycles. The van der Waals surface area contributed by atoms with Crippen molar-refractivity contribution in [2.24, 2.45) is 0 Å². The molecule has 6 heteroatoms. The third kappa shape index (κ3) is 3.03. The molecule has 1 N–H and O–H groups in total. The Bertz CT molecular complexity index is 634. The first-order valence-corrected chi connectivity index (χ1v) is 6.87. The highest BCUT2D eigenvalue weighted by Crippen LogP contribution is 2.21. The number of carbonyl (C=O) groups excluding carboxylic acids is 1. The fraction of sp³-hybridized carbons (Fsp3) is 0.214. The van der Waals surface area contributed by atoms with E-state index >= 15 is 0 Å². The lowest BCUT2D eigenvalue weighted by Gasteiger charge is -2.20. The average Bonchev–Trinajstić information content (AvgIpc) is 2.82. The lowest BCUT2D eigenvalue weighted by molar-refractivity contribution is -0.135. The molecule has 0 aliphatic heterocycles. The maximum absolute atomic E-state index is 12.5. The van der Waals surface area contributed by atoms with Crippen LogP contribution >= 0.6 is 11.3 Å². The summed E-state index contributed by atoms with van der Waals surface area (Å²) < 4.78 is 0. The molecule has 0 unspecified atom stereocenters. The second kappa shape index (κ2) is 5.83. The van der Waals surface area contributed by atoms with Gasteiger partial charge < -0.3 is 5.11 Å². The van der Waals surface area contributed by atoms with Crippen LogP contribution in [-0.2, 0) is 4.79 Å². The predicted octanol–water partition coefficient (Wildman–Crippen LogP) is 2.49. The topological polar surface area (TPSA) is 70.5 Å². The van der Waals surface area contributed by atoms with Gasteiger partial charge in [-0.25, -0.2) is 4.98 Å². The van der Waals surface area contributed by atoms with Crippen molar-refractivity contribution in [3.63, 3.8) is 0 Å². The highest BCUT2D eigenvalue weighted by atomic mass is 32.1. The van der Waals surface area contributed by atoms with Crippen molar-refractivity contribution in [2.45, 2.75) is 13.8 Å². The van der Waals surface area contributed by atoms with Gasteiger partial charge in [-0.1, -0.05) is 17.7 Å². The molecule has 20 heavy (non-hydrogen) atoms. The van der Waals surface area contributed by atoms with Crippen molar-refractivity contribution in [3.8, 4) is 0 Å². The zero-order valence-electron chi connectivity index (χ0n) is 11.2. The number of anilines is 1. The van der Waals surface area contributed by atoms with Crippen LogP contribution in [0.2, 0.25) is 0 Å². The molecule has 2 aromatic rings. The number of thiazole rings is 1. The van der Waals surface area contributed by atoms with Crippen molar-refractivity contribution in [1.82, 2.24) is 4.98 Å². The number of hydrogen-bond acceptors (Lipinski definition) is 4. The van der Waals surface area contributed by atoms with E-state index in [0.29, 0.717) is 16.3 Å². The van der Waals surface area contributed by atoms with Gasteiger partial charge in [0.25, 0.3) is 5.91 Å². The number of aliphatic carboxylic acids is 1. The van der Waals surface area contributed by atoms with Crippen LogP contribution in [0.1, 0.15) is 20.9 Å². The van der Waals surface area contributed by atoms with Gasteiger partial charge >= 0.3 is 5.97 Å². The fourth-order valence-corrected chi connectivity index (χ4v) is 2.52. The van der Waals surface area contributed by atoms with Gasteiger partial charge in [0.2, 0.25) is 0 Å². The Morgan fingerprint density at radius 1 is 1.25 bits per heavy atom. The second-order valence-corrected chi connectivity index (χ2v) is 5.24. The second-order valence-electron chi connectivity index (χ2n) is 4.39. The van der Waals surface area contributed by atoms with Crippen LogP contribution < -0.4 is 4.90 Å². The zero-order chi connectivity index (χ0) is 14.7. The van der Waals surface area contributed by atoms with Gasteiger partial charge in [0, 0.05) is 5.69 Å². The maximum Gasteiger partial charge on any atom is 0.323 e. The normalized spacial score (nSPS) is 10.3. The summed E-state index contributed by atoms with van der Waals surface area (Å²) in [4.78, 5) is 29.2. The van der Waals surface area contributed by atoms with Crippen molar-refractivity contribution < 1.29 is 14.7 Å². The summed E-state index contributed by atoms with van der Waals surface area (Å²) >= 11 is 1.22. The molecule has 1 aromatic heterocycles. The maximum atomic E-state index is 12.5. The van der Waals surface area contributed by atoms with Gasteiger partial charge in [0.15, 0.2) is 0 Å². The fourth-order valence-electron chi connectivity index (χ4n) is 1.77. The van der Waals surface area contributed by atoms with Gasteiger partial charge in [-0.15, -0.1) is 11.3 Å². The molecule has 0 atom stereocenters. The van der Waals surface area contributed by atoms with E-state index < -0.39 is 5.97 Å². The molecule has 1 heterocycles. The number of aryl methyl sites for hydroxylation is 2. The molecular weight excluding hydrogens is 276 g/mol. The van der Waals surface area contributed by atoms with Crippen molar-refractivity contribution in [3.05, 3.63) is 45.9 Å². The van der Waals surface area contributed by atoms with Gasteiger partial charge in [0.05, 0.1) is 11.2 Å². The van der Waals surface area contributed by atoms with E-state index in [1.807, 2.05) is 19.1 Å². The lowest BCUT2D eigenvalue weighted by atomic mass is 10.2. The van der Waals surface area contributed by atoms with E-state index in [1.165, 1.54) is 16.2 Å².